The van der Waals surface area contributed by atoms with E-state index in [0.717, 1.165) is 12.8 Å². The van der Waals surface area contributed by atoms with Crippen molar-refractivity contribution in [2.45, 2.75) is 56.6 Å². The molecular formula is C11H18Cl2O2. The van der Waals surface area contributed by atoms with Crippen LogP contribution in [0, 0.1) is 5.92 Å². The molecule has 2 atom stereocenters. The summed E-state index contributed by atoms with van der Waals surface area (Å²) in [6.07, 6.45) is 1.36. The molecule has 1 rings (SSSR count). The summed E-state index contributed by atoms with van der Waals surface area (Å²) in [4.78, 5) is 11.6. The number of carbonyl (C=O) groups is 1. The van der Waals surface area contributed by atoms with Crippen molar-refractivity contribution in [1.82, 2.24) is 0 Å². The number of carbonyl (C=O) groups excluding carboxylic acids is 1. The van der Waals surface area contributed by atoms with Crippen LogP contribution >= 0.6 is 23.2 Å². The smallest absolute Gasteiger partial charge is 0.202 e. The van der Waals surface area contributed by atoms with Crippen molar-refractivity contribution in [3.63, 3.8) is 0 Å². The van der Waals surface area contributed by atoms with Gasteiger partial charge >= 0.3 is 0 Å². The highest BCUT2D eigenvalue weighted by atomic mass is 35.5. The predicted octanol–water partition coefficient (Wildman–Crippen LogP) is 3.34. The lowest BCUT2D eigenvalue weighted by molar-refractivity contribution is -0.163. The first kappa shape index (κ1) is 13.3. The van der Waals surface area contributed by atoms with Crippen molar-refractivity contribution in [1.29, 1.82) is 0 Å². The van der Waals surface area contributed by atoms with Crippen LogP contribution < -0.4 is 0 Å². The Balaban J connectivity index is 2.71. The fourth-order valence-corrected chi connectivity index (χ4v) is 2.49. The van der Waals surface area contributed by atoms with Gasteiger partial charge in [0.2, 0.25) is 4.33 Å². The van der Waals surface area contributed by atoms with Crippen molar-refractivity contribution < 1.29 is 9.53 Å². The fourth-order valence-electron chi connectivity index (χ4n) is 1.81. The van der Waals surface area contributed by atoms with Crippen LogP contribution in [0.2, 0.25) is 0 Å². The predicted molar refractivity (Wildman–Crippen MR) is 62.5 cm³/mol. The number of hydrogen-bond donors (Lipinski definition) is 0. The maximum atomic E-state index is 11.6. The summed E-state index contributed by atoms with van der Waals surface area (Å²) >= 11 is 11.9. The highest BCUT2D eigenvalue weighted by Crippen LogP contribution is 2.48. The largest absolute Gasteiger partial charge is 0.368 e. The van der Waals surface area contributed by atoms with Crippen molar-refractivity contribution in [2.24, 2.45) is 5.92 Å². The van der Waals surface area contributed by atoms with Gasteiger partial charge in [-0.25, -0.2) is 0 Å². The maximum Gasteiger partial charge on any atom is 0.202 e. The molecule has 1 aliphatic rings. The summed E-state index contributed by atoms with van der Waals surface area (Å²) in [7, 11) is 0. The third kappa shape index (κ3) is 2.66. The molecule has 0 radical (unpaired) electrons. The quantitative estimate of drug-likeness (QED) is 0.721. The Hall–Kier alpha value is 0.210. The molecule has 2 nitrogen and oxygen atoms in total. The van der Waals surface area contributed by atoms with Gasteiger partial charge in [-0.05, 0) is 27.2 Å². The summed E-state index contributed by atoms with van der Waals surface area (Å²) in [5.74, 6) is -0.230. The topological polar surface area (TPSA) is 26.3 Å². The molecule has 1 fully saturated rings. The molecule has 1 saturated carbocycles. The van der Waals surface area contributed by atoms with Crippen LogP contribution in [0.3, 0.4) is 0 Å². The summed E-state index contributed by atoms with van der Waals surface area (Å²) in [5, 5.41) is 0. The number of alkyl halides is 2. The van der Waals surface area contributed by atoms with Crippen LogP contribution in [0.1, 0.15) is 40.5 Å². The average molecular weight is 253 g/mol. The molecule has 0 bridgehead atoms. The van der Waals surface area contributed by atoms with Gasteiger partial charge in [0.25, 0.3) is 0 Å². The standard InChI is InChI=1S/C11H18Cl2O2/c1-5-6-7-8(14)11(12,13)9(7)15-10(2,3)4/h7,9H,5-6H2,1-4H3/t7-,9-/m0/s1. The average Bonchev–Trinajstić information content (AvgIpc) is 2.09. The van der Waals surface area contributed by atoms with E-state index in [1.807, 2.05) is 27.7 Å². The molecule has 0 unspecified atom stereocenters. The monoisotopic (exact) mass is 252 g/mol. The maximum absolute atomic E-state index is 11.6. The van der Waals surface area contributed by atoms with Gasteiger partial charge in [-0.15, -0.1) is 0 Å². The molecule has 0 spiro atoms. The highest BCUT2D eigenvalue weighted by molar-refractivity contribution is 6.61. The van der Waals surface area contributed by atoms with E-state index in [9.17, 15) is 4.79 Å². The zero-order chi connectivity index (χ0) is 11.9. The number of halogens is 2. The SMILES string of the molecule is CCC[C@H]1C(=O)C(Cl)(Cl)[C@H]1OC(C)(C)C. The van der Waals surface area contributed by atoms with Crippen LogP contribution in [0.25, 0.3) is 0 Å². The molecule has 1 aliphatic carbocycles. The molecule has 0 N–H and O–H groups in total. The molecule has 0 aromatic rings. The number of rotatable bonds is 3. The minimum Gasteiger partial charge on any atom is -0.368 e. The van der Waals surface area contributed by atoms with Crippen molar-refractivity contribution in [3.05, 3.63) is 0 Å². The summed E-state index contributed by atoms with van der Waals surface area (Å²) in [6, 6.07) is 0. The molecule has 4 heteroatoms. The third-order valence-electron chi connectivity index (χ3n) is 2.47. The van der Waals surface area contributed by atoms with Crippen LogP contribution in [0.15, 0.2) is 0 Å². The second-order valence-electron chi connectivity index (χ2n) is 5.03. The lowest BCUT2D eigenvalue weighted by Gasteiger charge is -2.47. The first-order valence-corrected chi connectivity index (χ1v) is 6.05. The summed E-state index contributed by atoms with van der Waals surface area (Å²) in [6.45, 7) is 7.83. The second-order valence-corrected chi connectivity index (χ2v) is 6.42. The van der Waals surface area contributed by atoms with Crippen molar-refractivity contribution in [3.8, 4) is 0 Å². The zero-order valence-electron chi connectivity index (χ0n) is 9.64. The van der Waals surface area contributed by atoms with Gasteiger partial charge in [0.15, 0.2) is 5.78 Å². The number of hydrogen-bond acceptors (Lipinski definition) is 2. The zero-order valence-corrected chi connectivity index (χ0v) is 11.2. The van der Waals surface area contributed by atoms with Gasteiger partial charge in [-0.1, -0.05) is 36.5 Å². The lowest BCUT2D eigenvalue weighted by Crippen LogP contribution is -2.63. The molecule has 15 heavy (non-hydrogen) atoms. The minimum atomic E-state index is -1.34. The Kier molecular flexibility index (Phi) is 3.74. The highest BCUT2D eigenvalue weighted by Gasteiger charge is 2.61. The Bertz CT molecular complexity index is 256. The van der Waals surface area contributed by atoms with Gasteiger partial charge in [0, 0.05) is 0 Å². The van der Waals surface area contributed by atoms with Crippen LogP contribution in [0.4, 0.5) is 0 Å². The van der Waals surface area contributed by atoms with E-state index in [4.69, 9.17) is 27.9 Å². The normalized spacial score (nSPS) is 30.1. The first-order valence-electron chi connectivity index (χ1n) is 5.30. The summed E-state index contributed by atoms with van der Waals surface area (Å²) in [5.41, 5.74) is -0.327. The first-order chi connectivity index (χ1) is 6.70. The third-order valence-corrected chi connectivity index (χ3v) is 3.27. The second kappa shape index (κ2) is 4.23. The number of ketones is 1. The van der Waals surface area contributed by atoms with Crippen LogP contribution in [0.5, 0.6) is 0 Å². The molecule has 0 aromatic heterocycles. The van der Waals surface area contributed by atoms with Crippen molar-refractivity contribution >= 4 is 29.0 Å². The van der Waals surface area contributed by atoms with E-state index in [1.54, 1.807) is 0 Å². The summed E-state index contributed by atoms with van der Waals surface area (Å²) < 4.78 is 4.40. The van der Waals surface area contributed by atoms with E-state index in [2.05, 4.69) is 0 Å². The molecule has 88 valence electrons. The molecule has 0 amide bonds. The van der Waals surface area contributed by atoms with Gasteiger partial charge in [0.05, 0.1) is 11.5 Å². The van der Waals surface area contributed by atoms with Crippen LogP contribution in [-0.2, 0) is 9.53 Å². The Morgan fingerprint density at radius 2 is 1.93 bits per heavy atom. The molecule has 0 saturated heterocycles. The molecule has 0 heterocycles. The van der Waals surface area contributed by atoms with Crippen molar-refractivity contribution in [2.75, 3.05) is 0 Å². The van der Waals surface area contributed by atoms with Gasteiger partial charge in [-0.2, -0.15) is 0 Å². The number of Topliss-reactive ketones (excluding diaryl/α,β-unsaturated/α-hetero) is 1. The lowest BCUT2D eigenvalue weighted by atomic mass is 9.76. The van der Waals surface area contributed by atoms with E-state index in [1.165, 1.54) is 0 Å². The van der Waals surface area contributed by atoms with E-state index < -0.39 is 4.33 Å². The van der Waals surface area contributed by atoms with Gasteiger partial charge in [-0.3, -0.25) is 4.79 Å². The molecular weight excluding hydrogens is 235 g/mol. The Labute approximate surface area is 101 Å². The van der Waals surface area contributed by atoms with Gasteiger partial charge < -0.3 is 4.74 Å². The van der Waals surface area contributed by atoms with E-state index in [0.29, 0.717) is 0 Å². The van der Waals surface area contributed by atoms with Gasteiger partial charge in [0.1, 0.15) is 6.10 Å². The van der Waals surface area contributed by atoms with Crippen LogP contribution in [-0.4, -0.2) is 21.8 Å². The number of ether oxygens (including phenoxy) is 1. The Morgan fingerprint density at radius 1 is 1.40 bits per heavy atom. The van der Waals surface area contributed by atoms with E-state index >= 15 is 0 Å². The molecule has 0 aliphatic heterocycles. The Morgan fingerprint density at radius 3 is 2.33 bits per heavy atom. The molecule has 0 aromatic carbocycles. The minimum absolute atomic E-state index is 0.0954. The fraction of sp³-hybridized carbons (Fsp3) is 0.909. The van der Waals surface area contributed by atoms with E-state index in [-0.39, 0.29) is 23.4 Å².